The molecule has 0 amide bonds. The first-order valence-corrected chi connectivity index (χ1v) is 6.55. The third kappa shape index (κ3) is 2.31. The predicted octanol–water partition coefficient (Wildman–Crippen LogP) is 0.337. The lowest BCUT2D eigenvalue weighted by molar-refractivity contribution is 0.361. The summed E-state index contributed by atoms with van der Waals surface area (Å²) >= 11 is 0. The fraction of sp³-hybridized carbons (Fsp3) is 0.500. The molecule has 2 aromatic heterocycles. The van der Waals surface area contributed by atoms with Crippen molar-refractivity contribution < 1.29 is 10.0 Å². The van der Waals surface area contributed by atoms with E-state index in [0.29, 0.717) is 12.2 Å². The monoisotopic (exact) mass is 260 g/mol. The smallest absolute Gasteiger partial charge is 0.427 e. The fourth-order valence-corrected chi connectivity index (χ4v) is 2.63. The molecule has 0 aromatic carbocycles. The molecule has 1 aliphatic heterocycles. The highest BCUT2D eigenvalue weighted by Crippen LogP contribution is 2.30. The SMILES string of the molecule is Cc1ccn2ncnc(N3CC(CCB(O)O)C3)c12. The Balaban J connectivity index is 1.72. The van der Waals surface area contributed by atoms with Gasteiger partial charge in [0.25, 0.3) is 0 Å². The zero-order valence-electron chi connectivity index (χ0n) is 10.9. The maximum absolute atomic E-state index is 8.87. The van der Waals surface area contributed by atoms with Gasteiger partial charge in [0.15, 0.2) is 5.82 Å². The number of aromatic nitrogens is 3. The van der Waals surface area contributed by atoms with Gasteiger partial charge in [-0.15, -0.1) is 0 Å². The zero-order valence-corrected chi connectivity index (χ0v) is 10.9. The highest BCUT2D eigenvalue weighted by Gasteiger charge is 2.30. The molecule has 3 rings (SSSR count). The summed E-state index contributed by atoms with van der Waals surface area (Å²) in [6.07, 6.45) is 4.80. The van der Waals surface area contributed by atoms with Crippen LogP contribution in [0.1, 0.15) is 12.0 Å². The third-order valence-electron chi connectivity index (χ3n) is 3.73. The Morgan fingerprint density at radius 1 is 1.42 bits per heavy atom. The highest BCUT2D eigenvalue weighted by atomic mass is 16.4. The van der Waals surface area contributed by atoms with Gasteiger partial charge in [-0.25, -0.2) is 9.50 Å². The second kappa shape index (κ2) is 4.83. The van der Waals surface area contributed by atoms with Crippen molar-refractivity contribution in [1.82, 2.24) is 14.6 Å². The first kappa shape index (κ1) is 12.4. The summed E-state index contributed by atoms with van der Waals surface area (Å²) in [6.45, 7) is 3.90. The lowest BCUT2D eigenvalue weighted by atomic mass is 9.79. The average Bonchev–Trinajstić information content (AvgIpc) is 2.70. The van der Waals surface area contributed by atoms with Crippen LogP contribution >= 0.6 is 0 Å². The molecule has 7 heteroatoms. The number of nitrogens with zero attached hydrogens (tertiary/aromatic N) is 4. The van der Waals surface area contributed by atoms with Gasteiger partial charge in [0, 0.05) is 19.3 Å². The van der Waals surface area contributed by atoms with Gasteiger partial charge in [0.2, 0.25) is 0 Å². The largest absolute Gasteiger partial charge is 0.451 e. The molecule has 0 unspecified atom stereocenters. The quantitative estimate of drug-likeness (QED) is 0.775. The number of anilines is 1. The van der Waals surface area contributed by atoms with Crippen LogP contribution in [0, 0.1) is 12.8 Å². The molecule has 2 aromatic rings. The molecular formula is C12H17BN4O2. The lowest BCUT2D eigenvalue weighted by Crippen LogP contribution is -2.47. The van der Waals surface area contributed by atoms with E-state index in [-0.39, 0.29) is 0 Å². The Morgan fingerprint density at radius 2 is 2.21 bits per heavy atom. The van der Waals surface area contributed by atoms with Gasteiger partial charge in [-0.2, -0.15) is 5.10 Å². The first-order chi connectivity index (χ1) is 9.15. The molecule has 1 fully saturated rings. The standard InChI is InChI=1S/C12H17BN4O2/c1-9-3-5-17-11(9)12(14-8-15-17)16-6-10(7-16)2-4-13(18)19/h3,5,8,10,18-19H,2,4,6-7H2,1H3. The van der Waals surface area contributed by atoms with Crippen molar-refractivity contribution in [3.8, 4) is 0 Å². The Hall–Kier alpha value is -1.60. The van der Waals surface area contributed by atoms with Crippen molar-refractivity contribution in [3.05, 3.63) is 24.2 Å². The molecule has 2 N–H and O–H groups in total. The fourth-order valence-electron chi connectivity index (χ4n) is 2.63. The first-order valence-electron chi connectivity index (χ1n) is 6.55. The maximum Gasteiger partial charge on any atom is 0.451 e. The number of rotatable bonds is 4. The van der Waals surface area contributed by atoms with Gasteiger partial charge < -0.3 is 14.9 Å². The average molecular weight is 260 g/mol. The summed E-state index contributed by atoms with van der Waals surface area (Å²) in [5.41, 5.74) is 2.23. The molecule has 0 saturated carbocycles. The summed E-state index contributed by atoms with van der Waals surface area (Å²) in [7, 11) is -1.19. The van der Waals surface area contributed by atoms with Crippen molar-refractivity contribution in [2.75, 3.05) is 18.0 Å². The Labute approximate surface area is 111 Å². The van der Waals surface area contributed by atoms with Crippen LogP contribution in [0.2, 0.25) is 6.32 Å². The minimum atomic E-state index is -1.19. The maximum atomic E-state index is 8.87. The molecule has 1 aliphatic rings. The minimum absolute atomic E-state index is 0.446. The normalized spacial score (nSPS) is 15.8. The molecule has 100 valence electrons. The van der Waals surface area contributed by atoms with E-state index in [2.05, 4.69) is 21.9 Å². The number of fused-ring (bicyclic) bond motifs is 1. The van der Waals surface area contributed by atoms with Crippen LogP contribution in [0.4, 0.5) is 5.82 Å². The van der Waals surface area contributed by atoms with E-state index in [1.165, 1.54) is 5.56 Å². The van der Waals surface area contributed by atoms with Crippen LogP contribution < -0.4 is 4.90 Å². The second-order valence-electron chi connectivity index (χ2n) is 5.20. The van der Waals surface area contributed by atoms with Crippen molar-refractivity contribution in [1.29, 1.82) is 0 Å². The van der Waals surface area contributed by atoms with E-state index in [0.717, 1.165) is 30.8 Å². The molecule has 6 nitrogen and oxygen atoms in total. The zero-order chi connectivity index (χ0) is 13.4. The number of hydrogen-bond acceptors (Lipinski definition) is 5. The molecular weight excluding hydrogens is 243 g/mol. The molecule has 19 heavy (non-hydrogen) atoms. The Morgan fingerprint density at radius 3 is 2.95 bits per heavy atom. The topological polar surface area (TPSA) is 73.9 Å². The van der Waals surface area contributed by atoms with Crippen LogP contribution in [-0.2, 0) is 0 Å². The van der Waals surface area contributed by atoms with Crippen molar-refractivity contribution in [2.24, 2.45) is 5.92 Å². The van der Waals surface area contributed by atoms with Crippen LogP contribution in [-0.4, -0.2) is 44.9 Å². The van der Waals surface area contributed by atoms with E-state index in [1.807, 2.05) is 16.8 Å². The molecule has 0 spiro atoms. The number of hydrogen-bond donors (Lipinski definition) is 2. The van der Waals surface area contributed by atoms with E-state index < -0.39 is 7.12 Å². The van der Waals surface area contributed by atoms with Gasteiger partial charge in [-0.05, 0) is 37.2 Å². The Bertz CT molecular complexity index is 580. The van der Waals surface area contributed by atoms with E-state index in [9.17, 15) is 0 Å². The third-order valence-corrected chi connectivity index (χ3v) is 3.73. The van der Waals surface area contributed by atoms with Crippen LogP contribution in [0.5, 0.6) is 0 Å². The van der Waals surface area contributed by atoms with Crippen LogP contribution in [0.25, 0.3) is 5.52 Å². The predicted molar refractivity (Wildman–Crippen MR) is 73.0 cm³/mol. The van der Waals surface area contributed by atoms with E-state index in [4.69, 9.17) is 10.0 Å². The van der Waals surface area contributed by atoms with Crippen LogP contribution in [0.3, 0.4) is 0 Å². The van der Waals surface area contributed by atoms with Gasteiger partial charge in [0.1, 0.15) is 11.8 Å². The second-order valence-corrected chi connectivity index (χ2v) is 5.20. The van der Waals surface area contributed by atoms with E-state index in [1.54, 1.807) is 6.33 Å². The summed E-state index contributed by atoms with van der Waals surface area (Å²) in [6, 6.07) is 2.03. The van der Waals surface area contributed by atoms with E-state index >= 15 is 0 Å². The molecule has 3 heterocycles. The highest BCUT2D eigenvalue weighted by molar-refractivity contribution is 6.40. The number of aryl methyl sites for hydroxylation is 1. The molecule has 0 bridgehead atoms. The van der Waals surface area contributed by atoms with Gasteiger partial charge in [0.05, 0.1) is 0 Å². The molecule has 1 saturated heterocycles. The van der Waals surface area contributed by atoms with Crippen molar-refractivity contribution in [2.45, 2.75) is 19.7 Å². The summed E-state index contributed by atoms with van der Waals surface area (Å²) in [5, 5.41) is 21.9. The van der Waals surface area contributed by atoms with Gasteiger partial charge in [-0.1, -0.05) is 0 Å². The summed E-state index contributed by atoms with van der Waals surface area (Å²) in [5.74, 6) is 1.49. The minimum Gasteiger partial charge on any atom is -0.427 e. The lowest BCUT2D eigenvalue weighted by Gasteiger charge is -2.40. The molecule has 0 aliphatic carbocycles. The Kier molecular flexibility index (Phi) is 3.16. The van der Waals surface area contributed by atoms with Crippen molar-refractivity contribution >= 4 is 18.5 Å². The van der Waals surface area contributed by atoms with Gasteiger partial charge >= 0.3 is 7.12 Å². The summed E-state index contributed by atoms with van der Waals surface area (Å²) < 4.78 is 1.85. The summed E-state index contributed by atoms with van der Waals surface area (Å²) in [4.78, 5) is 6.61. The van der Waals surface area contributed by atoms with Crippen molar-refractivity contribution in [3.63, 3.8) is 0 Å². The molecule has 0 atom stereocenters. The van der Waals surface area contributed by atoms with Crippen LogP contribution in [0.15, 0.2) is 18.6 Å². The molecule has 0 radical (unpaired) electrons. The van der Waals surface area contributed by atoms with Gasteiger partial charge in [-0.3, -0.25) is 0 Å².